The Morgan fingerprint density at radius 1 is 1.34 bits per heavy atom. The maximum atomic E-state index is 12.4. The van der Waals surface area contributed by atoms with Crippen LogP contribution in [0.1, 0.15) is 30.7 Å². The summed E-state index contributed by atoms with van der Waals surface area (Å²) in [7, 11) is -1.52. The summed E-state index contributed by atoms with van der Waals surface area (Å²) in [6, 6.07) is 0. The van der Waals surface area contributed by atoms with Gasteiger partial charge in [0.05, 0.1) is 23.5 Å². The number of nitrogens with one attached hydrogen (secondary N) is 1. The third kappa shape index (κ3) is 8.64. The van der Waals surface area contributed by atoms with Gasteiger partial charge in [-0.25, -0.2) is 13.4 Å². The number of rotatable bonds is 9. The summed E-state index contributed by atoms with van der Waals surface area (Å²) in [6.07, 6.45) is 3.86. The zero-order chi connectivity index (χ0) is 20.6. The Morgan fingerprint density at radius 2 is 2.03 bits per heavy atom. The zero-order valence-electron chi connectivity index (χ0n) is 17.8. The normalized spacial score (nSPS) is 16.2. The van der Waals surface area contributed by atoms with E-state index in [2.05, 4.69) is 27.1 Å². The van der Waals surface area contributed by atoms with Crippen molar-refractivity contribution >= 4 is 51.3 Å². The average molecular weight is 560 g/mol. The Kier molecular flexibility index (Phi) is 11.9. The molecular formula is C18H34IN5O3S2. The highest BCUT2D eigenvalue weighted by Crippen LogP contribution is 2.13. The molecule has 0 saturated carbocycles. The number of halogens is 1. The monoisotopic (exact) mass is 559 g/mol. The van der Waals surface area contributed by atoms with E-state index in [4.69, 9.17) is 4.74 Å². The summed E-state index contributed by atoms with van der Waals surface area (Å²) in [5.41, 5.74) is 0. The van der Waals surface area contributed by atoms with Gasteiger partial charge in [-0.05, 0) is 20.3 Å². The Labute approximate surface area is 196 Å². The van der Waals surface area contributed by atoms with Crippen LogP contribution < -0.4 is 5.32 Å². The van der Waals surface area contributed by atoms with Gasteiger partial charge in [-0.3, -0.25) is 4.99 Å². The van der Waals surface area contributed by atoms with Crippen molar-refractivity contribution in [2.75, 3.05) is 52.1 Å². The van der Waals surface area contributed by atoms with Crippen molar-refractivity contribution in [2.24, 2.45) is 4.99 Å². The third-order valence-electron chi connectivity index (χ3n) is 4.51. The molecule has 0 spiro atoms. The first-order chi connectivity index (χ1) is 13.4. The minimum atomic E-state index is -3.27. The summed E-state index contributed by atoms with van der Waals surface area (Å²) >= 11 is 1.75. The first-order valence-corrected chi connectivity index (χ1v) is 12.3. The molecule has 0 aliphatic carbocycles. The quantitative estimate of drug-likeness (QED) is 0.282. The molecular weight excluding hydrogens is 525 g/mol. The number of thiazole rings is 1. The first kappa shape index (κ1) is 26.5. The lowest BCUT2D eigenvalue weighted by Gasteiger charge is -2.35. The predicted octanol–water partition coefficient (Wildman–Crippen LogP) is 1.81. The van der Waals surface area contributed by atoms with Gasteiger partial charge >= 0.3 is 0 Å². The van der Waals surface area contributed by atoms with Crippen LogP contribution in [0, 0.1) is 0 Å². The second-order valence-corrected chi connectivity index (χ2v) is 10.2. The molecule has 0 radical (unpaired) electrons. The Bertz CT molecular complexity index is 732. The lowest BCUT2D eigenvalue weighted by atomic mass is 10.4. The fourth-order valence-electron chi connectivity index (χ4n) is 2.94. The molecule has 0 amide bonds. The molecule has 29 heavy (non-hydrogen) atoms. The standard InChI is InChI=1S/C18H33N5O3S2.HI/c1-5-16-14-21-17(27-16)6-7-20-18(19-4)22-8-10-23(11-9-22)28(24,25)13-12-26-15(2)3;/h14-15H,5-13H2,1-4H3,(H,19,20);1H. The van der Waals surface area contributed by atoms with Crippen LogP contribution in [0.25, 0.3) is 0 Å². The highest BCUT2D eigenvalue weighted by Gasteiger charge is 2.27. The van der Waals surface area contributed by atoms with E-state index in [9.17, 15) is 8.42 Å². The molecule has 2 heterocycles. The van der Waals surface area contributed by atoms with E-state index in [-0.39, 0.29) is 42.4 Å². The SMILES string of the molecule is CCc1cnc(CCNC(=NC)N2CCN(S(=O)(=O)CCOC(C)C)CC2)s1.I. The van der Waals surface area contributed by atoms with Crippen LogP contribution in [0.5, 0.6) is 0 Å². The molecule has 0 aromatic carbocycles. The Morgan fingerprint density at radius 3 is 2.59 bits per heavy atom. The summed E-state index contributed by atoms with van der Waals surface area (Å²) in [5, 5.41) is 4.49. The van der Waals surface area contributed by atoms with Gasteiger partial charge in [-0.15, -0.1) is 35.3 Å². The molecule has 1 aromatic heterocycles. The molecule has 0 bridgehead atoms. The molecule has 11 heteroatoms. The number of aromatic nitrogens is 1. The highest BCUT2D eigenvalue weighted by molar-refractivity contribution is 14.0. The van der Waals surface area contributed by atoms with E-state index in [1.165, 1.54) is 4.88 Å². The number of hydrogen-bond acceptors (Lipinski definition) is 6. The third-order valence-corrected chi connectivity index (χ3v) is 7.54. The van der Waals surface area contributed by atoms with Gasteiger partial charge in [0.15, 0.2) is 5.96 Å². The van der Waals surface area contributed by atoms with Crippen molar-refractivity contribution in [1.29, 1.82) is 0 Å². The fraction of sp³-hybridized carbons (Fsp3) is 0.778. The smallest absolute Gasteiger partial charge is 0.216 e. The summed E-state index contributed by atoms with van der Waals surface area (Å²) < 4.78 is 31.8. The second kappa shape index (κ2) is 13.0. The average Bonchev–Trinajstić information content (AvgIpc) is 3.13. The highest BCUT2D eigenvalue weighted by atomic mass is 127. The molecule has 1 saturated heterocycles. The molecule has 1 fully saturated rings. The van der Waals surface area contributed by atoms with Gasteiger partial charge in [0.25, 0.3) is 0 Å². The van der Waals surface area contributed by atoms with Crippen LogP contribution >= 0.6 is 35.3 Å². The van der Waals surface area contributed by atoms with E-state index >= 15 is 0 Å². The number of ether oxygens (including phenoxy) is 1. The maximum Gasteiger partial charge on any atom is 0.216 e. The molecule has 2 rings (SSSR count). The van der Waals surface area contributed by atoms with E-state index in [1.807, 2.05) is 20.0 Å². The molecule has 1 N–H and O–H groups in total. The van der Waals surface area contributed by atoms with Crippen molar-refractivity contribution in [3.05, 3.63) is 16.1 Å². The van der Waals surface area contributed by atoms with E-state index in [0.717, 1.165) is 30.4 Å². The molecule has 1 aromatic rings. The summed E-state index contributed by atoms with van der Waals surface area (Å²) in [5.74, 6) is 0.846. The van der Waals surface area contributed by atoms with Crippen molar-refractivity contribution in [3.8, 4) is 0 Å². The van der Waals surface area contributed by atoms with Gasteiger partial charge < -0.3 is 15.0 Å². The Balaban J connectivity index is 0.00000420. The van der Waals surface area contributed by atoms with Gasteiger partial charge in [0.1, 0.15) is 0 Å². The predicted molar refractivity (Wildman–Crippen MR) is 130 cm³/mol. The van der Waals surface area contributed by atoms with Crippen LogP contribution in [0.15, 0.2) is 11.2 Å². The molecule has 0 atom stereocenters. The van der Waals surface area contributed by atoms with Gasteiger partial charge in [0, 0.05) is 57.3 Å². The molecule has 168 valence electrons. The minimum Gasteiger partial charge on any atom is -0.378 e. The van der Waals surface area contributed by atoms with Crippen LogP contribution in [0.4, 0.5) is 0 Å². The molecule has 1 aliphatic rings. The summed E-state index contributed by atoms with van der Waals surface area (Å²) in [6.45, 7) is 9.13. The number of sulfonamides is 1. The van der Waals surface area contributed by atoms with E-state index < -0.39 is 10.0 Å². The molecule has 0 unspecified atom stereocenters. The second-order valence-electron chi connectivity index (χ2n) is 6.92. The Hall–Kier alpha value is -0.500. The number of nitrogens with zero attached hydrogens (tertiary/aromatic N) is 4. The number of aryl methyl sites for hydroxylation is 1. The van der Waals surface area contributed by atoms with Crippen molar-refractivity contribution in [3.63, 3.8) is 0 Å². The van der Waals surface area contributed by atoms with E-state index in [0.29, 0.717) is 26.2 Å². The van der Waals surface area contributed by atoms with Gasteiger partial charge in [0.2, 0.25) is 10.0 Å². The lowest BCUT2D eigenvalue weighted by Crippen LogP contribution is -2.54. The van der Waals surface area contributed by atoms with Gasteiger partial charge in [-0.1, -0.05) is 6.92 Å². The number of aliphatic imine (C=N–C) groups is 1. The van der Waals surface area contributed by atoms with Crippen molar-refractivity contribution in [1.82, 2.24) is 19.5 Å². The topological polar surface area (TPSA) is 87.1 Å². The maximum absolute atomic E-state index is 12.4. The molecule has 8 nitrogen and oxygen atoms in total. The van der Waals surface area contributed by atoms with Crippen molar-refractivity contribution < 1.29 is 13.2 Å². The van der Waals surface area contributed by atoms with Crippen LogP contribution in [-0.2, 0) is 27.6 Å². The number of hydrogen-bond donors (Lipinski definition) is 1. The van der Waals surface area contributed by atoms with E-state index in [1.54, 1.807) is 22.7 Å². The zero-order valence-corrected chi connectivity index (χ0v) is 21.7. The molecule has 1 aliphatic heterocycles. The lowest BCUT2D eigenvalue weighted by molar-refractivity contribution is 0.0904. The van der Waals surface area contributed by atoms with Crippen LogP contribution in [-0.4, -0.2) is 86.8 Å². The van der Waals surface area contributed by atoms with Crippen LogP contribution in [0.3, 0.4) is 0 Å². The minimum absolute atomic E-state index is 0. The number of piperazine rings is 1. The van der Waals surface area contributed by atoms with Gasteiger partial charge in [-0.2, -0.15) is 4.31 Å². The van der Waals surface area contributed by atoms with Crippen molar-refractivity contribution in [2.45, 2.75) is 39.7 Å². The summed E-state index contributed by atoms with van der Waals surface area (Å²) in [4.78, 5) is 12.2. The van der Waals surface area contributed by atoms with Crippen LogP contribution in [0.2, 0.25) is 0 Å². The fourth-order valence-corrected chi connectivity index (χ4v) is 5.08. The first-order valence-electron chi connectivity index (χ1n) is 9.84. The largest absolute Gasteiger partial charge is 0.378 e. The number of guanidine groups is 1.